The zero-order chi connectivity index (χ0) is 16.0. The lowest BCUT2D eigenvalue weighted by atomic mass is 10.1. The van der Waals surface area contributed by atoms with Gasteiger partial charge >= 0.3 is 5.97 Å². The summed E-state index contributed by atoms with van der Waals surface area (Å²) in [5.74, 6) is -1.86. The first-order valence-electron chi connectivity index (χ1n) is 5.93. The Morgan fingerprint density at radius 3 is 2.62 bits per heavy atom. The predicted molar refractivity (Wildman–Crippen MR) is 73.3 cm³/mol. The van der Waals surface area contributed by atoms with Gasteiger partial charge in [0.15, 0.2) is 0 Å². The molecule has 0 unspecified atom stereocenters. The Bertz CT molecular complexity index is 641. The molecule has 0 aliphatic rings. The molecule has 0 aromatic heterocycles. The second-order valence-electron chi connectivity index (χ2n) is 4.20. The van der Waals surface area contributed by atoms with Crippen LogP contribution in [0.4, 0.5) is 0 Å². The summed E-state index contributed by atoms with van der Waals surface area (Å²) >= 11 is 0. The maximum atomic E-state index is 12.1. The van der Waals surface area contributed by atoms with Gasteiger partial charge in [-0.15, -0.1) is 0 Å². The number of carbonyl (C=O) groups excluding carboxylic acids is 1. The van der Waals surface area contributed by atoms with Gasteiger partial charge in [-0.05, 0) is 24.6 Å². The van der Waals surface area contributed by atoms with E-state index in [2.05, 4.69) is 4.72 Å². The molecule has 0 saturated heterocycles. The summed E-state index contributed by atoms with van der Waals surface area (Å²) in [5, 5.41) is 8.88. The van der Waals surface area contributed by atoms with Crippen LogP contribution >= 0.6 is 0 Å². The molecule has 1 rings (SSSR count). The van der Waals surface area contributed by atoms with Gasteiger partial charge in [0.25, 0.3) is 0 Å². The third-order valence-electron chi connectivity index (χ3n) is 2.51. The maximum Gasteiger partial charge on any atom is 0.335 e. The van der Waals surface area contributed by atoms with Crippen molar-refractivity contribution in [1.82, 2.24) is 4.72 Å². The lowest BCUT2D eigenvalue weighted by Crippen LogP contribution is -2.29. The van der Waals surface area contributed by atoms with Gasteiger partial charge in [-0.1, -0.05) is 6.07 Å². The molecule has 0 radical (unpaired) electrons. The Hall–Kier alpha value is -1.97. The van der Waals surface area contributed by atoms with Crippen LogP contribution in [0.2, 0.25) is 0 Å². The topological polar surface area (TPSA) is 136 Å². The number of rotatable bonds is 8. The number of hydrogen-bond donors (Lipinski definition) is 3. The number of nitrogens with two attached hydrogens (primary N) is 1. The normalized spacial score (nSPS) is 11.3. The Labute approximate surface area is 122 Å². The molecule has 0 spiro atoms. The highest BCUT2D eigenvalue weighted by Gasteiger charge is 2.18. The first-order valence-corrected chi connectivity index (χ1v) is 7.42. The summed E-state index contributed by atoms with van der Waals surface area (Å²) in [6.07, 6.45) is 0. The minimum absolute atomic E-state index is 0.0279. The van der Waals surface area contributed by atoms with Crippen LogP contribution in [0.3, 0.4) is 0 Å². The molecule has 116 valence electrons. The summed E-state index contributed by atoms with van der Waals surface area (Å²) in [5.41, 5.74) is 5.16. The predicted octanol–water partition coefficient (Wildman–Crippen LogP) is -0.527. The summed E-state index contributed by atoms with van der Waals surface area (Å²) in [6, 6.07) is 3.83. The number of nitrogens with one attached hydrogen (secondary N) is 1. The van der Waals surface area contributed by atoms with Crippen molar-refractivity contribution in [2.24, 2.45) is 5.73 Å². The fraction of sp³-hybridized carbons (Fsp3) is 0.333. The van der Waals surface area contributed by atoms with Crippen molar-refractivity contribution >= 4 is 21.9 Å². The minimum atomic E-state index is -3.86. The van der Waals surface area contributed by atoms with Gasteiger partial charge in [-0.3, -0.25) is 4.79 Å². The van der Waals surface area contributed by atoms with E-state index < -0.39 is 21.9 Å². The van der Waals surface area contributed by atoms with Gasteiger partial charge in [0.2, 0.25) is 15.9 Å². The zero-order valence-corrected chi connectivity index (χ0v) is 12.1. The van der Waals surface area contributed by atoms with Gasteiger partial charge in [-0.25, -0.2) is 17.9 Å². The molecule has 9 heteroatoms. The average Bonchev–Trinajstić information content (AvgIpc) is 2.37. The quantitative estimate of drug-likeness (QED) is 0.552. The van der Waals surface area contributed by atoms with Crippen LogP contribution in [-0.4, -0.2) is 45.2 Å². The van der Waals surface area contributed by atoms with E-state index in [4.69, 9.17) is 15.6 Å². The van der Waals surface area contributed by atoms with Crippen molar-refractivity contribution in [1.29, 1.82) is 0 Å². The number of aromatic carboxylic acids is 1. The fourth-order valence-corrected chi connectivity index (χ4v) is 2.80. The third kappa shape index (κ3) is 5.14. The Morgan fingerprint density at radius 2 is 2.05 bits per heavy atom. The molecule has 0 atom stereocenters. The maximum absolute atomic E-state index is 12.1. The standard InChI is InChI=1S/C12H16N2O6S/c1-8-2-3-9(12(16)17)6-10(8)21(18,19)14-4-5-20-7-11(13)15/h2-3,6,14H,4-5,7H2,1H3,(H2,13,15)(H,16,17). The monoisotopic (exact) mass is 316 g/mol. The van der Waals surface area contributed by atoms with E-state index in [1.807, 2.05) is 0 Å². The smallest absolute Gasteiger partial charge is 0.335 e. The van der Waals surface area contributed by atoms with Crippen molar-refractivity contribution in [3.8, 4) is 0 Å². The van der Waals surface area contributed by atoms with Crippen LogP contribution in [0.1, 0.15) is 15.9 Å². The van der Waals surface area contributed by atoms with Crippen LogP contribution in [0, 0.1) is 6.92 Å². The molecular weight excluding hydrogens is 300 g/mol. The average molecular weight is 316 g/mol. The number of ether oxygens (including phenoxy) is 1. The van der Waals surface area contributed by atoms with Gasteiger partial charge in [-0.2, -0.15) is 0 Å². The van der Waals surface area contributed by atoms with Crippen LogP contribution in [0.15, 0.2) is 23.1 Å². The van der Waals surface area contributed by atoms with Crippen LogP contribution in [-0.2, 0) is 19.6 Å². The number of carboxylic acids is 1. The molecule has 4 N–H and O–H groups in total. The number of primary amides is 1. The lowest BCUT2D eigenvalue weighted by molar-refractivity contribution is -0.122. The first kappa shape index (κ1) is 17.1. The summed E-state index contributed by atoms with van der Waals surface area (Å²) in [6.45, 7) is 1.17. The van der Waals surface area contributed by atoms with Crippen molar-refractivity contribution in [2.75, 3.05) is 19.8 Å². The van der Waals surface area contributed by atoms with Gasteiger partial charge in [0.05, 0.1) is 17.1 Å². The molecule has 0 heterocycles. The Balaban J connectivity index is 2.76. The Morgan fingerprint density at radius 1 is 1.38 bits per heavy atom. The molecule has 21 heavy (non-hydrogen) atoms. The van der Waals surface area contributed by atoms with Crippen molar-refractivity contribution < 1.29 is 27.9 Å². The van der Waals surface area contributed by atoms with Crippen molar-refractivity contribution in [3.63, 3.8) is 0 Å². The number of sulfonamides is 1. The second kappa shape index (κ2) is 7.16. The highest BCUT2D eigenvalue weighted by molar-refractivity contribution is 7.89. The molecule has 1 amide bonds. The van der Waals surface area contributed by atoms with Crippen LogP contribution in [0.25, 0.3) is 0 Å². The molecule has 0 saturated carbocycles. The largest absolute Gasteiger partial charge is 0.478 e. The number of hydrogen-bond acceptors (Lipinski definition) is 5. The number of carboxylic acid groups (broad SMARTS) is 1. The summed E-state index contributed by atoms with van der Waals surface area (Å²) < 4.78 is 31.2. The number of carbonyl (C=O) groups is 2. The SMILES string of the molecule is Cc1ccc(C(=O)O)cc1S(=O)(=O)NCCOCC(N)=O. The molecule has 0 bridgehead atoms. The van der Waals surface area contributed by atoms with E-state index in [0.29, 0.717) is 5.56 Å². The molecular formula is C12H16N2O6S. The molecule has 1 aromatic carbocycles. The van der Waals surface area contributed by atoms with Gasteiger partial charge in [0.1, 0.15) is 6.61 Å². The molecule has 0 fully saturated rings. The highest BCUT2D eigenvalue weighted by atomic mass is 32.2. The van der Waals surface area contributed by atoms with Gasteiger partial charge < -0.3 is 15.6 Å². The zero-order valence-electron chi connectivity index (χ0n) is 11.3. The van der Waals surface area contributed by atoms with E-state index >= 15 is 0 Å². The second-order valence-corrected chi connectivity index (χ2v) is 5.94. The Kier molecular flexibility index (Phi) is 5.82. The highest BCUT2D eigenvalue weighted by Crippen LogP contribution is 2.16. The molecule has 8 nitrogen and oxygen atoms in total. The summed E-state index contributed by atoms with van der Waals surface area (Å²) in [7, 11) is -3.86. The van der Waals surface area contributed by atoms with Crippen LogP contribution < -0.4 is 10.5 Å². The van der Waals surface area contributed by atoms with Crippen molar-refractivity contribution in [2.45, 2.75) is 11.8 Å². The lowest BCUT2D eigenvalue weighted by Gasteiger charge is -2.10. The van der Waals surface area contributed by atoms with E-state index in [9.17, 15) is 18.0 Å². The first-order chi connectivity index (χ1) is 9.74. The van der Waals surface area contributed by atoms with Gasteiger partial charge in [0, 0.05) is 6.54 Å². The molecule has 0 aliphatic carbocycles. The van der Waals surface area contributed by atoms with Crippen LogP contribution in [0.5, 0.6) is 0 Å². The number of benzene rings is 1. The number of aryl methyl sites for hydroxylation is 1. The van der Waals surface area contributed by atoms with E-state index in [-0.39, 0.29) is 30.2 Å². The molecule has 1 aromatic rings. The fourth-order valence-electron chi connectivity index (χ4n) is 1.52. The number of amides is 1. The summed E-state index contributed by atoms with van der Waals surface area (Å²) in [4.78, 5) is 21.2. The minimum Gasteiger partial charge on any atom is -0.478 e. The van der Waals surface area contributed by atoms with Crippen molar-refractivity contribution in [3.05, 3.63) is 29.3 Å². The molecule has 0 aliphatic heterocycles. The van der Waals surface area contributed by atoms with E-state index in [1.54, 1.807) is 6.92 Å². The van der Waals surface area contributed by atoms with E-state index in [0.717, 1.165) is 6.07 Å². The third-order valence-corrected chi connectivity index (χ3v) is 4.11. The van der Waals surface area contributed by atoms with E-state index in [1.165, 1.54) is 12.1 Å².